The molecule has 0 saturated carbocycles. The molecule has 4 heteroatoms. The standard InChI is InChI=1S/C13H20N2O2/c1-9(2)15-12(16)8-11(13(15)17)14-6-4-10(3)5-7-14/h10-11H,1,4-8H2,2-3H3. The molecule has 0 aromatic carbocycles. The first-order chi connectivity index (χ1) is 8.00. The molecule has 94 valence electrons. The molecule has 2 fully saturated rings. The molecule has 0 N–H and O–H groups in total. The zero-order valence-corrected chi connectivity index (χ0v) is 10.6. The molecule has 0 aromatic heterocycles. The Hall–Kier alpha value is -1.16. The molecule has 0 spiro atoms. The number of rotatable bonds is 2. The largest absolute Gasteiger partial charge is 0.292 e. The second kappa shape index (κ2) is 4.61. The molecule has 17 heavy (non-hydrogen) atoms. The van der Waals surface area contributed by atoms with Crippen molar-refractivity contribution in [3.63, 3.8) is 0 Å². The van der Waals surface area contributed by atoms with Crippen molar-refractivity contribution < 1.29 is 9.59 Å². The average molecular weight is 236 g/mol. The van der Waals surface area contributed by atoms with Crippen LogP contribution < -0.4 is 0 Å². The Bertz CT molecular complexity index is 356. The monoisotopic (exact) mass is 236 g/mol. The van der Waals surface area contributed by atoms with Crippen LogP contribution in [0.4, 0.5) is 0 Å². The Kier molecular flexibility index (Phi) is 3.33. The smallest absolute Gasteiger partial charge is 0.251 e. The van der Waals surface area contributed by atoms with Gasteiger partial charge >= 0.3 is 0 Å². The van der Waals surface area contributed by atoms with Gasteiger partial charge in [0.25, 0.3) is 5.91 Å². The molecular weight excluding hydrogens is 216 g/mol. The van der Waals surface area contributed by atoms with E-state index in [1.165, 1.54) is 4.90 Å². The average Bonchev–Trinajstić information content (AvgIpc) is 2.55. The summed E-state index contributed by atoms with van der Waals surface area (Å²) >= 11 is 0. The van der Waals surface area contributed by atoms with Crippen LogP contribution in [0.25, 0.3) is 0 Å². The van der Waals surface area contributed by atoms with Gasteiger partial charge in [0.2, 0.25) is 5.91 Å². The van der Waals surface area contributed by atoms with Crippen LogP contribution in [0.3, 0.4) is 0 Å². The summed E-state index contributed by atoms with van der Waals surface area (Å²) < 4.78 is 0. The van der Waals surface area contributed by atoms with Crippen LogP contribution in [-0.4, -0.2) is 40.7 Å². The second-order valence-corrected chi connectivity index (χ2v) is 5.24. The highest BCUT2D eigenvalue weighted by Crippen LogP contribution is 2.26. The molecule has 1 unspecified atom stereocenters. The first-order valence-electron chi connectivity index (χ1n) is 6.27. The van der Waals surface area contributed by atoms with Crippen LogP contribution >= 0.6 is 0 Å². The fourth-order valence-electron chi connectivity index (χ4n) is 2.64. The van der Waals surface area contributed by atoms with Crippen molar-refractivity contribution in [3.05, 3.63) is 12.3 Å². The molecule has 0 bridgehead atoms. The van der Waals surface area contributed by atoms with E-state index in [-0.39, 0.29) is 17.9 Å². The highest BCUT2D eigenvalue weighted by atomic mass is 16.2. The van der Waals surface area contributed by atoms with Gasteiger partial charge < -0.3 is 0 Å². The number of nitrogens with zero attached hydrogens (tertiary/aromatic N) is 2. The van der Waals surface area contributed by atoms with Crippen molar-refractivity contribution >= 4 is 11.8 Å². The molecule has 2 rings (SSSR count). The number of imide groups is 1. The lowest BCUT2D eigenvalue weighted by Crippen LogP contribution is -2.45. The zero-order chi connectivity index (χ0) is 12.6. The fourth-order valence-corrected chi connectivity index (χ4v) is 2.64. The lowest BCUT2D eigenvalue weighted by atomic mass is 9.97. The minimum Gasteiger partial charge on any atom is -0.292 e. The predicted octanol–water partition coefficient (Wildman–Crippen LogP) is 1.38. The van der Waals surface area contributed by atoms with Crippen LogP contribution in [0.2, 0.25) is 0 Å². The van der Waals surface area contributed by atoms with Crippen LogP contribution in [0.1, 0.15) is 33.1 Å². The van der Waals surface area contributed by atoms with Crippen molar-refractivity contribution in [2.24, 2.45) is 5.92 Å². The highest BCUT2D eigenvalue weighted by molar-refractivity contribution is 6.07. The minimum atomic E-state index is -0.244. The topological polar surface area (TPSA) is 40.6 Å². The Morgan fingerprint density at radius 2 is 1.88 bits per heavy atom. The summed E-state index contributed by atoms with van der Waals surface area (Å²) in [4.78, 5) is 27.3. The Morgan fingerprint density at radius 1 is 1.29 bits per heavy atom. The molecule has 0 aromatic rings. The van der Waals surface area contributed by atoms with Gasteiger partial charge in [-0.1, -0.05) is 13.5 Å². The predicted molar refractivity (Wildman–Crippen MR) is 65.0 cm³/mol. The highest BCUT2D eigenvalue weighted by Gasteiger charge is 2.42. The number of likely N-dealkylation sites (tertiary alicyclic amines) is 2. The molecule has 2 amide bonds. The third-order valence-corrected chi connectivity index (χ3v) is 3.76. The van der Waals surface area contributed by atoms with E-state index in [0.29, 0.717) is 12.1 Å². The number of hydrogen-bond acceptors (Lipinski definition) is 3. The Morgan fingerprint density at radius 3 is 2.35 bits per heavy atom. The maximum absolute atomic E-state index is 12.1. The molecule has 0 radical (unpaired) electrons. The quantitative estimate of drug-likeness (QED) is 0.680. The van der Waals surface area contributed by atoms with Gasteiger partial charge in [0, 0.05) is 5.70 Å². The lowest BCUT2D eigenvalue weighted by molar-refractivity contribution is -0.137. The summed E-state index contributed by atoms with van der Waals surface area (Å²) in [6.07, 6.45) is 2.55. The molecule has 1 atom stereocenters. The van der Waals surface area contributed by atoms with Gasteiger partial charge in [0.05, 0.1) is 12.5 Å². The first-order valence-corrected chi connectivity index (χ1v) is 6.27. The van der Waals surface area contributed by atoms with Gasteiger partial charge in [0.1, 0.15) is 0 Å². The third kappa shape index (κ3) is 2.27. The SMILES string of the molecule is C=C(C)N1C(=O)CC(N2CCC(C)CC2)C1=O. The molecule has 0 aliphatic carbocycles. The van der Waals surface area contributed by atoms with E-state index in [2.05, 4.69) is 18.4 Å². The molecule has 2 heterocycles. The van der Waals surface area contributed by atoms with Crippen LogP contribution in [0.15, 0.2) is 12.3 Å². The Labute approximate surface area is 102 Å². The second-order valence-electron chi connectivity index (χ2n) is 5.24. The molecule has 2 aliphatic heterocycles. The van der Waals surface area contributed by atoms with Crippen molar-refractivity contribution in [2.45, 2.75) is 39.2 Å². The van der Waals surface area contributed by atoms with Crippen molar-refractivity contribution in [2.75, 3.05) is 13.1 Å². The van der Waals surface area contributed by atoms with Crippen LogP contribution in [0, 0.1) is 5.92 Å². The van der Waals surface area contributed by atoms with Crippen LogP contribution in [-0.2, 0) is 9.59 Å². The van der Waals surface area contributed by atoms with E-state index in [0.717, 1.165) is 31.8 Å². The summed E-state index contributed by atoms with van der Waals surface area (Å²) in [7, 11) is 0. The van der Waals surface area contributed by atoms with E-state index >= 15 is 0 Å². The van der Waals surface area contributed by atoms with E-state index in [4.69, 9.17) is 0 Å². The summed E-state index contributed by atoms with van der Waals surface area (Å²) in [5, 5.41) is 0. The fraction of sp³-hybridized carbons (Fsp3) is 0.692. The number of amides is 2. The minimum absolute atomic E-state index is 0.0861. The van der Waals surface area contributed by atoms with Crippen molar-refractivity contribution in [1.82, 2.24) is 9.80 Å². The molecular formula is C13H20N2O2. The van der Waals surface area contributed by atoms with Gasteiger partial charge in [-0.25, -0.2) is 0 Å². The van der Waals surface area contributed by atoms with E-state index in [9.17, 15) is 9.59 Å². The molecule has 4 nitrogen and oxygen atoms in total. The van der Waals surface area contributed by atoms with E-state index < -0.39 is 0 Å². The van der Waals surface area contributed by atoms with E-state index in [1.54, 1.807) is 6.92 Å². The van der Waals surface area contributed by atoms with Crippen LogP contribution in [0.5, 0.6) is 0 Å². The summed E-state index contributed by atoms with van der Waals surface area (Å²) in [5.74, 6) is 0.541. The number of carbonyl (C=O) groups is 2. The summed E-state index contributed by atoms with van der Waals surface area (Å²) in [6.45, 7) is 9.49. The van der Waals surface area contributed by atoms with Gasteiger partial charge in [0.15, 0.2) is 0 Å². The van der Waals surface area contributed by atoms with Crippen molar-refractivity contribution in [1.29, 1.82) is 0 Å². The van der Waals surface area contributed by atoms with Gasteiger partial charge in [-0.05, 0) is 38.8 Å². The first kappa shape index (κ1) is 12.3. The number of allylic oxidation sites excluding steroid dienone is 1. The van der Waals surface area contributed by atoms with Gasteiger partial charge in [-0.2, -0.15) is 0 Å². The lowest BCUT2D eigenvalue weighted by Gasteiger charge is -2.33. The van der Waals surface area contributed by atoms with E-state index in [1.807, 2.05) is 0 Å². The maximum Gasteiger partial charge on any atom is 0.251 e. The normalized spacial score (nSPS) is 27.9. The molecule has 2 aliphatic rings. The van der Waals surface area contributed by atoms with Crippen molar-refractivity contribution in [3.8, 4) is 0 Å². The number of piperidine rings is 1. The van der Waals surface area contributed by atoms with Gasteiger partial charge in [-0.15, -0.1) is 0 Å². The number of carbonyl (C=O) groups excluding carboxylic acids is 2. The maximum atomic E-state index is 12.1. The third-order valence-electron chi connectivity index (χ3n) is 3.76. The summed E-state index contributed by atoms with van der Waals surface area (Å²) in [6, 6.07) is -0.244. The molecule has 2 saturated heterocycles. The summed E-state index contributed by atoms with van der Waals surface area (Å²) in [5.41, 5.74) is 0.535. The number of hydrogen-bond donors (Lipinski definition) is 0. The zero-order valence-electron chi connectivity index (χ0n) is 10.6. The Balaban J connectivity index is 2.06. The van der Waals surface area contributed by atoms with Gasteiger partial charge in [-0.3, -0.25) is 19.4 Å².